The van der Waals surface area contributed by atoms with Crippen molar-refractivity contribution in [2.75, 3.05) is 7.05 Å². The van der Waals surface area contributed by atoms with Crippen molar-refractivity contribution in [3.05, 3.63) is 16.3 Å². The molecule has 20 heavy (non-hydrogen) atoms. The molecule has 0 radical (unpaired) electrons. The number of sulfonamides is 1. The quantitative estimate of drug-likeness (QED) is 0.878. The van der Waals surface area contributed by atoms with Crippen LogP contribution in [0.5, 0.6) is 0 Å². The van der Waals surface area contributed by atoms with E-state index in [1.54, 1.807) is 11.4 Å². The minimum atomic E-state index is -3.37. The van der Waals surface area contributed by atoms with Crippen LogP contribution in [0.3, 0.4) is 0 Å². The van der Waals surface area contributed by atoms with Gasteiger partial charge < -0.3 is 5.32 Å². The predicted molar refractivity (Wildman–Crippen MR) is 83.4 cm³/mol. The lowest BCUT2D eigenvalue weighted by Crippen LogP contribution is -2.39. The van der Waals surface area contributed by atoms with Crippen LogP contribution in [0.1, 0.15) is 38.0 Å². The molecule has 1 aromatic heterocycles. The van der Waals surface area contributed by atoms with Gasteiger partial charge in [0.2, 0.25) is 10.0 Å². The van der Waals surface area contributed by atoms with Crippen LogP contribution in [0.2, 0.25) is 0 Å². The van der Waals surface area contributed by atoms with Crippen molar-refractivity contribution in [1.29, 1.82) is 0 Å². The summed E-state index contributed by atoms with van der Waals surface area (Å²) >= 11 is 1.48. The van der Waals surface area contributed by atoms with Crippen molar-refractivity contribution < 1.29 is 8.42 Å². The van der Waals surface area contributed by atoms with Crippen molar-refractivity contribution in [3.8, 4) is 0 Å². The minimum Gasteiger partial charge on any atom is -0.315 e. The molecule has 1 heterocycles. The molecular formula is C14H24N2O2S2. The summed E-state index contributed by atoms with van der Waals surface area (Å²) in [5, 5.41) is 4.76. The Morgan fingerprint density at radius 2 is 2.05 bits per heavy atom. The minimum absolute atomic E-state index is 0.0823. The first-order valence-electron chi connectivity index (χ1n) is 7.16. The molecule has 0 aliphatic heterocycles. The molecule has 0 spiro atoms. The predicted octanol–water partition coefficient (Wildman–Crippen LogP) is 2.57. The van der Waals surface area contributed by atoms with Crippen molar-refractivity contribution in [3.63, 3.8) is 0 Å². The summed E-state index contributed by atoms with van der Waals surface area (Å²) in [6.45, 7) is 5.16. The van der Waals surface area contributed by atoms with E-state index in [9.17, 15) is 8.42 Å². The van der Waals surface area contributed by atoms with E-state index >= 15 is 0 Å². The molecule has 0 bridgehead atoms. The Hall–Kier alpha value is -0.430. The van der Waals surface area contributed by atoms with Gasteiger partial charge in [0, 0.05) is 22.8 Å². The summed E-state index contributed by atoms with van der Waals surface area (Å²) in [5.74, 6) is 1.28. The van der Waals surface area contributed by atoms with Crippen molar-refractivity contribution in [2.24, 2.45) is 11.8 Å². The maximum absolute atomic E-state index is 12.4. The number of thiophene rings is 1. The summed E-state index contributed by atoms with van der Waals surface area (Å²) in [6.07, 6.45) is 2.98. The van der Waals surface area contributed by atoms with E-state index in [0.717, 1.165) is 24.1 Å². The van der Waals surface area contributed by atoms with Crippen molar-refractivity contribution in [2.45, 2.75) is 50.6 Å². The van der Waals surface area contributed by atoms with Crippen LogP contribution in [-0.4, -0.2) is 21.5 Å². The summed E-state index contributed by atoms with van der Waals surface area (Å²) in [7, 11) is -1.51. The van der Waals surface area contributed by atoms with Gasteiger partial charge >= 0.3 is 0 Å². The van der Waals surface area contributed by atoms with Crippen LogP contribution in [-0.2, 0) is 16.6 Å². The fraction of sp³-hybridized carbons (Fsp3) is 0.714. The van der Waals surface area contributed by atoms with Crippen LogP contribution in [0.15, 0.2) is 16.3 Å². The lowest BCUT2D eigenvalue weighted by atomic mass is 9.79. The fourth-order valence-electron chi connectivity index (χ4n) is 2.71. The zero-order valence-electron chi connectivity index (χ0n) is 12.3. The Labute approximate surface area is 126 Å². The third-order valence-electron chi connectivity index (χ3n) is 4.21. The van der Waals surface area contributed by atoms with E-state index in [2.05, 4.69) is 23.9 Å². The summed E-state index contributed by atoms with van der Waals surface area (Å²) in [5.41, 5.74) is 0. The SMILES string of the molecule is CNCc1cc(S(=O)(=O)NC2CCC(C)C(C)C2)cs1. The number of rotatable bonds is 5. The second kappa shape index (κ2) is 6.56. The molecule has 3 unspecified atom stereocenters. The molecule has 114 valence electrons. The smallest absolute Gasteiger partial charge is 0.241 e. The number of hydrogen-bond acceptors (Lipinski definition) is 4. The molecule has 1 aliphatic carbocycles. The molecule has 3 atom stereocenters. The standard InChI is InChI=1S/C14H24N2O2S2/c1-10-4-5-12(6-11(10)2)16-20(17,18)14-7-13(8-15-3)19-9-14/h7,9-12,15-16H,4-6,8H2,1-3H3. The largest absolute Gasteiger partial charge is 0.315 e. The van der Waals surface area contributed by atoms with Crippen LogP contribution in [0.4, 0.5) is 0 Å². The van der Waals surface area contributed by atoms with E-state index in [1.807, 2.05) is 7.05 Å². The number of hydrogen-bond donors (Lipinski definition) is 2. The Bertz CT molecular complexity index is 539. The first kappa shape index (κ1) is 15.9. The van der Waals surface area contributed by atoms with E-state index in [-0.39, 0.29) is 6.04 Å². The Morgan fingerprint density at radius 3 is 2.70 bits per heavy atom. The molecule has 1 aromatic rings. The summed E-state index contributed by atoms with van der Waals surface area (Å²) in [6, 6.07) is 1.84. The second-order valence-electron chi connectivity index (χ2n) is 5.86. The van der Waals surface area contributed by atoms with Gasteiger partial charge in [0.05, 0.1) is 4.90 Å². The highest BCUT2D eigenvalue weighted by atomic mass is 32.2. The lowest BCUT2D eigenvalue weighted by molar-refractivity contribution is 0.242. The monoisotopic (exact) mass is 316 g/mol. The molecule has 0 saturated heterocycles. The first-order chi connectivity index (χ1) is 9.42. The normalized spacial score (nSPS) is 27.6. The van der Waals surface area contributed by atoms with Crippen molar-refractivity contribution in [1.82, 2.24) is 10.0 Å². The van der Waals surface area contributed by atoms with E-state index in [4.69, 9.17) is 0 Å². The maximum Gasteiger partial charge on any atom is 0.241 e. The molecule has 2 N–H and O–H groups in total. The zero-order chi connectivity index (χ0) is 14.8. The van der Waals surface area contributed by atoms with E-state index in [1.165, 1.54) is 11.3 Å². The lowest BCUT2D eigenvalue weighted by Gasteiger charge is -2.32. The highest BCUT2D eigenvalue weighted by Gasteiger charge is 2.28. The fourth-order valence-corrected chi connectivity index (χ4v) is 5.28. The highest BCUT2D eigenvalue weighted by Crippen LogP contribution is 2.30. The van der Waals surface area contributed by atoms with Crippen molar-refractivity contribution >= 4 is 21.4 Å². The highest BCUT2D eigenvalue weighted by molar-refractivity contribution is 7.89. The van der Waals surface area contributed by atoms with Gasteiger partial charge in [0.25, 0.3) is 0 Å². The molecule has 1 saturated carbocycles. The zero-order valence-corrected chi connectivity index (χ0v) is 14.0. The average Bonchev–Trinajstić information content (AvgIpc) is 2.83. The van der Waals surface area contributed by atoms with Crippen LogP contribution < -0.4 is 10.0 Å². The topological polar surface area (TPSA) is 58.2 Å². The molecule has 6 heteroatoms. The summed E-state index contributed by atoms with van der Waals surface area (Å²) in [4.78, 5) is 1.44. The molecule has 2 rings (SSSR count). The van der Waals surface area contributed by atoms with Gasteiger partial charge in [0.1, 0.15) is 0 Å². The Balaban J connectivity index is 2.03. The summed E-state index contributed by atoms with van der Waals surface area (Å²) < 4.78 is 27.6. The molecule has 1 aliphatic rings. The first-order valence-corrected chi connectivity index (χ1v) is 9.53. The van der Waals surface area contributed by atoms with Crippen LogP contribution in [0.25, 0.3) is 0 Å². The van der Waals surface area contributed by atoms with Gasteiger partial charge in [-0.05, 0) is 44.2 Å². The average molecular weight is 316 g/mol. The third kappa shape index (κ3) is 3.81. The molecule has 4 nitrogen and oxygen atoms in total. The maximum atomic E-state index is 12.4. The van der Waals surface area contributed by atoms with Gasteiger partial charge in [-0.15, -0.1) is 11.3 Å². The van der Waals surface area contributed by atoms with Crippen LogP contribution in [0, 0.1) is 11.8 Å². The van der Waals surface area contributed by atoms with E-state index in [0.29, 0.717) is 23.3 Å². The van der Waals surface area contributed by atoms with Gasteiger partial charge in [-0.25, -0.2) is 13.1 Å². The van der Waals surface area contributed by atoms with Gasteiger partial charge in [-0.3, -0.25) is 0 Å². The third-order valence-corrected chi connectivity index (χ3v) is 6.80. The molecule has 1 fully saturated rings. The van der Waals surface area contributed by atoms with Crippen LogP contribution >= 0.6 is 11.3 Å². The van der Waals surface area contributed by atoms with Gasteiger partial charge in [0.15, 0.2) is 0 Å². The van der Waals surface area contributed by atoms with E-state index < -0.39 is 10.0 Å². The Kier molecular flexibility index (Phi) is 5.23. The Morgan fingerprint density at radius 1 is 1.30 bits per heavy atom. The molecule has 0 amide bonds. The second-order valence-corrected chi connectivity index (χ2v) is 8.57. The number of nitrogens with one attached hydrogen (secondary N) is 2. The molecule has 0 aromatic carbocycles. The van der Waals surface area contributed by atoms with Gasteiger partial charge in [-0.1, -0.05) is 13.8 Å². The molecular weight excluding hydrogens is 292 g/mol. The van der Waals surface area contributed by atoms with Gasteiger partial charge in [-0.2, -0.15) is 0 Å².